The third-order valence-electron chi connectivity index (χ3n) is 4.39. The van der Waals surface area contributed by atoms with Gasteiger partial charge in [0.15, 0.2) is 0 Å². The number of hydrogen-bond donors (Lipinski definition) is 0. The predicted molar refractivity (Wildman–Crippen MR) is 97.3 cm³/mol. The van der Waals surface area contributed by atoms with Gasteiger partial charge in [0, 0.05) is 29.4 Å². The number of methoxy groups -OCH3 is 1. The van der Waals surface area contributed by atoms with Crippen molar-refractivity contribution < 1.29 is 14.3 Å². The molecule has 0 N–H and O–H groups in total. The van der Waals surface area contributed by atoms with E-state index in [2.05, 4.69) is 0 Å². The first-order valence-electron chi connectivity index (χ1n) is 8.03. The summed E-state index contributed by atoms with van der Waals surface area (Å²) in [5.74, 6) is 0.433. The highest BCUT2D eigenvalue weighted by molar-refractivity contribution is 6.30. The third kappa shape index (κ3) is 3.46. The molecule has 3 rings (SSSR count). The van der Waals surface area contributed by atoms with Gasteiger partial charge in [-0.05, 0) is 55.5 Å². The fourth-order valence-corrected chi connectivity index (χ4v) is 3.05. The minimum Gasteiger partial charge on any atom is -0.497 e. The molecule has 1 heterocycles. The molecule has 2 aromatic carbocycles. The van der Waals surface area contributed by atoms with Crippen molar-refractivity contribution in [2.24, 2.45) is 0 Å². The van der Waals surface area contributed by atoms with Crippen LogP contribution < -0.4 is 9.64 Å². The Balaban J connectivity index is 1.76. The lowest BCUT2D eigenvalue weighted by Gasteiger charge is -2.39. The fourth-order valence-electron chi connectivity index (χ4n) is 2.92. The molecule has 2 amide bonds. The number of anilines is 1. The number of amides is 2. The van der Waals surface area contributed by atoms with Gasteiger partial charge in [0.05, 0.1) is 7.11 Å². The highest BCUT2D eigenvalue weighted by Crippen LogP contribution is 2.24. The van der Waals surface area contributed by atoms with Crippen molar-refractivity contribution in [3.8, 4) is 5.75 Å². The minimum atomic E-state index is -0.529. The summed E-state index contributed by atoms with van der Waals surface area (Å²) in [6.45, 7) is 2.68. The minimum absolute atomic E-state index is 0.101. The molecular weight excluding hydrogens is 340 g/mol. The second-order valence-electron chi connectivity index (χ2n) is 5.87. The van der Waals surface area contributed by atoms with Gasteiger partial charge in [-0.15, -0.1) is 0 Å². The van der Waals surface area contributed by atoms with Crippen LogP contribution in [0.3, 0.4) is 0 Å². The third-order valence-corrected chi connectivity index (χ3v) is 4.64. The maximum absolute atomic E-state index is 12.7. The molecular formula is C19H19ClN2O3. The number of halogens is 1. The Morgan fingerprint density at radius 3 is 2.32 bits per heavy atom. The molecule has 1 unspecified atom stereocenters. The first kappa shape index (κ1) is 17.3. The SMILES string of the molecule is COc1ccc(C(=O)N2CCN(c3ccc(Cl)cc3)C(=O)C2C)cc1. The lowest BCUT2D eigenvalue weighted by atomic mass is 10.1. The lowest BCUT2D eigenvalue weighted by Crippen LogP contribution is -2.57. The van der Waals surface area contributed by atoms with Crippen LogP contribution in [0, 0.1) is 0 Å². The molecule has 0 radical (unpaired) electrons. The van der Waals surface area contributed by atoms with Gasteiger partial charge >= 0.3 is 0 Å². The molecule has 0 saturated carbocycles. The van der Waals surface area contributed by atoms with Gasteiger partial charge in [-0.2, -0.15) is 0 Å². The smallest absolute Gasteiger partial charge is 0.254 e. The first-order chi connectivity index (χ1) is 12.0. The van der Waals surface area contributed by atoms with Crippen LogP contribution in [0.1, 0.15) is 17.3 Å². The number of rotatable bonds is 3. The van der Waals surface area contributed by atoms with Crippen LogP contribution in [0.5, 0.6) is 5.75 Å². The zero-order chi connectivity index (χ0) is 18.0. The van der Waals surface area contributed by atoms with E-state index in [9.17, 15) is 9.59 Å². The summed E-state index contributed by atoms with van der Waals surface area (Å²) in [7, 11) is 1.58. The van der Waals surface area contributed by atoms with Gasteiger partial charge in [-0.3, -0.25) is 9.59 Å². The molecule has 6 heteroatoms. The summed E-state index contributed by atoms with van der Waals surface area (Å²) in [5, 5.41) is 0.623. The van der Waals surface area contributed by atoms with Gasteiger partial charge < -0.3 is 14.5 Å². The zero-order valence-corrected chi connectivity index (χ0v) is 14.9. The summed E-state index contributed by atoms with van der Waals surface area (Å²) in [5.41, 5.74) is 1.33. The zero-order valence-electron chi connectivity index (χ0n) is 14.1. The summed E-state index contributed by atoms with van der Waals surface area (Å²) in [4.78, 5) is 28.8. The highest BCUT2D eigenvalue weighted by Gasteiger charge is 2.35. The van der Waals surface area contributed by atoms with Crippen LogP contribution in [0.2, 0.25) is 5.02 Å². The molecule has 5 nitrogen and oxygen atoms in total. The second kappa shape index (κ2) is 7.15. The average Bonchev–Trinajstić information content (AvgIpc) is 2.64. The number of nitrogens with zero attached hydrogens (tertiary/aromatic N) is 2. The standard InChI is InChI=1S/C19H19ClN2O3/c1-13-18(23)22(16-7-5-15(20)6-8-16)12-11-21(13)19(24)14-3-9-17(25-2)10-4-14/h3-10,13H,11-12H2,1-2H3. The van der Waals surface area contributed by atoms with Crippen molar-refractivity contribution in [1.82, 2.24) is 4.90 Å². The molecule has 0 spiro atoms. The van der Waals surface area contributed by atoms with E-state index in [1.165, 1.54) is 0 Å². The van der Waals surface area contributed by atoms with Crippen LogP contribution in [-0.4, -0.2) is 43.0 Å². The van der Waals surface area contributed by atoms with Crippen molar-refractivity contribution in [3.63, 3.8) is 0 Å². The molecule has 2 aromatic rings. The second-order valence-corrected chi connectivity index (χ2v) is 6.31. The molecule has 1 aliphatic rings. The Kier molecular flexibility index (Phi) is 4.95. The van der Waals surface area contributed by atoms with Crippen molar-refractivity contribution in [2.75, 3.05) is 25.1 Å². The number of carbonyl (C=O) groups excluding carboxylic acids is 2. The van der Waals surface area contributed by atoms with E-state index < -0.39 is 6.04 Å². The van der Waals surface area contributed by atoms with Crippen LogP contribution >= 0.6 is 11.6 Å². The van der Waals surface area contributed by atoms with E-state index >= 15 is 0 Å². The first-order valence-corrected chi connectivity index (χ1v) is 8.41. The van der Waals surface area contributed by atoms with Crippen molar-refractivity contribution >= 4 is 29.1 Å². The van der Waals surface area contributed by atoms with E-state index in [-0.39, 0.29) is 11.8 Å². The highest BCUT2D eigenvalue weighted by atomic mass is 35.5. The Hall–Kier alpha value is -2.53. The van der Waals surface area contributed by atoms with Gasteiger partial charge in [-0.1, -0.05) is 11.6 Å². The topological polar surface area (TPSA) is 49.9 Å². The molecule has 1 fully saturated rings. The maximum Gasteiger partial charge on any atom is 0.254 e. The number of piperazine rings is 1. The Labute approximate surface area is 151 Å². The average molecular weight is 359 g/mol. The summed E-state index contributed by atoms with van der Waals surface area (Å²) in [6.07, 6.45) is 0. The maximum atomic E-state index is 12.7. The van der Waals surface area contributed by atoms with Gasteiger partial charge in [0.1, 0.15) is 11.8 Å². The molecule has 25 heavy (non-hydrogen) atoms. The van der Waals surface area contributed by atoms with E-state index in [0.717, 1.165) is 5.69 Å². The van der Waals surface area contributed by atoms with E-state index in [0.29, 0.717) is 29.4 Å². The van der Waals surface area contributed by atoms with Crippen molar-refractivity contribution in [2.45, 2.75) is 13.0 Å². The number of ether oxygens (including phenoxy) is 1. The van der Waals surface area contributed by atoms with E-state index in [1.807, 2.05) is 12.1 Å². The quantitative estimate of drug-likeness (QED) is 0.846. The molecule has 1 aliphatic heterocycles. The Morgan fingerprint density at radius 1 is 1.08 bits per heavy atom. The number of benzene rings is 2. The van der Waals surface area contributed by atoms with E-state index in [1.54, 1.807) is 60.2 Å². The van der Waals surface area contributed by atoms with Crippen LogP contribution in [0.25, 0.3) is 0 Å². The summed E-state index contributed by atoms with van der Waals surface area (Å²) in [6, 6.07) is 13.5. The van der Waals surface area contributed by atoms with Crippen molar-refractivity contribution in [3.05, 3.63) is 59.1 Å². The van der Waals surface area contributed by atoms with Crippen LogP contribution in [-0.2, 0) is 4.79 Å². The van der Waals surface area contributed by atoms with Gasteiger partial charge in [0.2, 0.25) is 5.91 Å². The van der Waals surface area contributed by atoms with E-state index in [4.69, 9.17) is 16.3 Å². The number of carbonyl (C=O) groups is 2. The fraction of sp³-hybridized carbons (Fsp3) is 0.263. The van der Waals surface area contributed by atoms with Crippen LogP contribution in [0.4, 0.5) is 5.69 Å². The molecule has 1 saturated heterocycles. The molecule has 0 aromatic heterocycles. The van der Waals surface area contributed by atoms with Gasteiger partial charge in [-0.25, -0.2) is 0 Å². The normalized spacial score (nSPS) is 17.6. The Morgan fingerprint density at radius 2 is 1.72 bits per heavy atom. The summed E-state index contributed by atoms with van der Waals surface area (Å²) < 4.78 is 5.11. The monoisotopic (exact) mass is 358 g/mol. The predicted octanol–water partition coefficient (Wildman–Crippen LogP) is 3.23. The summed E-state index contributed by atoms with van der Waals surface area (Å²) >= 11 is 5.90. The molecule has 1 atom stereocenters. The lowest BCUT2D eigenvalue weighted by molar-refractivity contribution is -0.124. The molecule has 0 bridgehead atoms. The van der Waals surface area contributed by atoms with Crippen LogP contribution in [0.15, 0.2) is 48.5 Å². The molecule has 130 valence electrons. The van der Waals surface area contributed by atoms with Gasteiger partial charge in [0.25, 0.3) is 5.91 Å². The molecule has 0 aliphatic carbocycles. The van der Waals surface area contributed by atoms with Crippen molar-refractivity contribution in [1.29, 1.82) is 0 Å². The Bertz CT molecular complexity index is 774. The number of hydrogen-bond acceptors (Lipinski definition) is 3. The largest absolute Gasteiger partial charge is 0.497 e.